The molecule has 21 heavy (non-hydrogen) atoms. The van der Waals surface area contributed by atoms with Crippen molar-refractivity contribution in [3.05, 3.63) is 16.3 Å². The summed E-state index contributed by atoms with van der Waals surface area (Å²) in [4.78, 5) is 23.8. The van der Waals surface area contributed by atoms with Gasteiger partial charge in [-0.1, -0.05) is 0 Å². The number of sulfonamides is 1. The van der Waals surface area contributed by atoms with Crippen LogP contribution in [0.3, 0.4) is 0 Å². The number of nitrogens with one attached hydrogen (secondary N) is 1. The third kappa shape index (κ3) is 4.51. The topological polar surface area (TPSA) is 104 Å². The van der Waals surface area contributed by atoms with E-state index in [1.165, 1.54) is 11.4 Å². The van der Waals surface area contributed by atoms with Crippen molar-refractivity contribution in [2.24, 2.45) is 0 Å². The Hall–Kier alpha value is -1.45. The number of amides is 1. The summed E-state index contributed by atoms with van der Waals surface area (Å²) in [5, 5.41) is 10.3. The number of carboxylic acid groups (broad SMARTS) is 1. The monoisotopic (exact) mass is 334 g/mol. The van der Waals surface area contributed by atoms with Crippen LogP contribution in [0.25, 0.3) is 0 Å². The van der Waals surface area contributed by atoms with Crippen molar-refractivity contribution in [2.75, 3.05) is 19.6 Å². The molecule has 2 N–H and O–H groups in total. The zero-order valence-electron chi connectivity index (χ0n) is 11.8. The number of rotatable bonds is 8. The van der Waals surface area contributed by atoms with Crippen LogP contribution in [0, 0.1) is 0 Å². The van der Waals surface area contributed by atoms with E-state index in [4.69, 9.17) is 5.11 Å². The lowest BCUT2D eigenvalue weighted by molar-refractivity contribution is -0.130. The van der Waals surface area contributed by atoms with Gasteiger partial charge >= 0.3 is 5.97 Å². The molecule has 0 radical (unpaired) electrons. The molecule has 1 aromatic heterocycles. The maximum atomic E-state index is 12.0. The molecule has 0 aliphatic carbocycles. The first-order chi connectivity index (χ1) is 9.83. The minimum absolute atomic E-state index is 0.0352. The predicted molar refractivity (Wildman–Crippen MR) is 79.0 cm³/mol. The van der Waals surface area contributed by atoms with E-state index in [2.05, 4.69) is 4.72 Å². The molecular weight excluding hydrogens is 316 g/mol. The molecule has 1 amide bonds. The quantitative estimate of drug-likeness (QED) is 0.737. The molecule has 0 aliphatic heterocycles. The molecule has 0 unspecified atom stereocenters. The van der Waals surface area contributed by atoms with Crippen LogP contribution in [-0.4, -0.2) is 49.9 Å². The van der Waals surface area contributed by atoms with E-state index in [1.807, 2.05) is 13.8 Å². The molecule has 9 heteroatoms. The number of aromatic carboxylic acids is 1. The third-order valence-electron chi connectivity index (χ3n) is 2.86. The normalized spacial score (nSPS) is 11.3. The Kier molecular flexibility index (Phi) is 6.31. The van der Waals surface area contributed by atoms with Crippen LogP contribution in [-0.2, 0) is 14.8 Å². The number of hydrogen-bond acceptors (Lipinski definition) is 5. The van der Waals surface area contributed by atoms with Crippen LogP contribution in [0.4, 0.5) is 0 Å². The van der Waals surface area contributed by atoms with Gasteiger partial charge in [0.25, 0.3) is 0 Å². The van der Waals surface area contributed by atoms with Gasteiger partial charge in [-0.3, -0.25) is 4.79 Å². The second kappa shape index (κ2) is 7.53. The molecule has 0 atom stereocenters. The van der Waals surface area contributed by atoms with Gasteiger partial charge in [0.2, 0.25) is 15.9 Å². The highest BCUT2D eigenvalue weighted by molar-refractivity contribution is 7.89. The van der Waals surface area contributed by atoms with Gasteiger partial charge in [0, 0.05) is 26.1 Å². The second-order valence-corrected chi connectivity index (χ2v) is 6.78. The van der Waals surface area contributed by atoms with E-state index >= 15 is 0 Å². The SMILES string of the molecule is CCN(CC)C(=O)CCNS(=O)(=O)c1ccsc1C(=O)O. The van der Waals surface area contributed by atoms with Crippen LogP contribution in [0.15, 0.2) is 16.3 Å². The maximum absolute atomic E-state index is 12.0. The van der Waals surface area contributed by atoms with E-state index in [0.717, 1.165) is 11.3 Å². The number of carbonyl (C=O) groups excluding carboxylic acids is 1. The first-order valence-electron chi connectivity index (χ1n) is 6.41. The Morgan fingerprint density at radius 2 is 1.95 bits per heavy atom. The van der Waals surface area contributed by atoms with Crippen molar-refractivity contribution < 1.29 is 23.1 Å². The molecule has 118 valence electrons. The highest BCUT2D eigenvalue weighted by atomic mass is 32.2. The number of thiophene rings is 1. The van der Waals surface area contributed by atoms with Crippen LogP contribution >= 0.6 is 11.3 Å². The molecule has 1 rings (SSSR count). The van der Waals surface area contributed by atoms with Crippen molar-refractivity contribution in [3.8, 4) is 0 Å². The number of carboxylic acids is 1. The van der Waals surface area contributed by atoms with Gasteiger partial charge in [-0.05, 0) is 25.3 Å². The van der Waals surface area contributed by atoms with Crippen LogP contribution in [0.1, 0.15) is 29.9 Å². The predicted octanol–water partition coefficient (Wildman–Crippen LogP) is 0.983. The van der Waals surface area contributed by atoms with Gasteiger partial charge in [-0.15, -0.1) is 11.3 Å². The van der Waals surface area contributed by atoms with Crippen molar-refractivity contribution in [2.45, 2.75) is 25.2 Å². The Labute approximate surface area is 127 Å². The molecular formula is C12H18N2O5S2. The zero-order chi connectivity index (χ0) is 16.0. The highest BCUT2D eigenvalue weighted by Crippen LogP contribution is 2.21. The van der Waals surface area contributed by atoms with Gasteiger partial charge in [0.1, 0.15) is 9.77 Å². The summed E-state index contributed by atoms with van der Waals surface area (Å²) in [6.07, 6.45) is 0.0352. The zero-order valence-corrected chi connectivity index (χ0v) is 13.5. The van der Waals surface area contributed by atoms with Gasteiger partial charge in [-0.2, -0.15) is 0 Å². The Balaban J connectivity index is 2.68. The van der Waals surface area contributed by atoms with Crippen molar-refractivity contribution in [1.29, 1.82) is 0 Å². The summed E-state index contributed by atoms with van der Waals surface area (Å²) in [7, 11) is -3.92. The number of hydrogen-bond donors (Lipinski definition) is 2. The minimum atomic E-state index is -3.92. The smallest absolute Gasteiger partial charge is 0.347 e. The largest absolute Gasteiger partial charge is 0.477 e. The lowest BCUT2D eigenvalue weighted by atomic mass is 10.3. The molecule has 7 nitrogen and oxygen atoms in total. The molecule has 0 fully saturated rings. The molecule has 0 spiro atoms. The summed E-state index contributed by atoms with van der Waals surface area (Å²) in [6.45, 7) is 4.75. The van der Waals surface area contributed by atoms with Crippen molar-refractivity contribution in [3.63, 3.8) is 0 Å². The van der Waals surface area contributed by atoms with Crippen LogP contribution in [0.2, 0.25) is 0 Å². The maximum Gasteiger partial charge on any atom is 0.347 e. The third-order valence-corrected chi connectivity index (χ3v) is 5.39. The first-order valence-corrected chi connectivity index (χ1v) is 8.78. The second-order valence-electron chi connectivity index (χ2n) is 4.13. The van der Waals surface area contributed by atoms with Crippen LogP contribution < -0.4 is 4.72 Å². The molecule has 0 aromatic carbocycles. The van der Waals surface area contributed by atoms with Crippen molar-refractivity contribution >= 4 is 33.2 Å². The lowest BCUT2D eigenvalue weighted by Gasteiger charge is -2.18. The summed E-state index contributed by atoms with van der Waals surface area (Å²) >= 11 is 0.843. The summed E-state index contributed by atoms with van der Waals surface area (Å²) in [5.41, 5.74) is 0. The van der Waals surface area contributed by atoms with Crippen molar-refractivity contribution in [1.82, 2.24) is 9.62 Å². The van der Waals surface area contributed by atoms with Gasteiger partial charge in [0.05, 0.1) is 0 Å². The highest BCUT2D eigenvalue weighted by Gasteiger charge is 2.23. The minimum Gasteiger partial charge on any atom is -0.477 e. The molecule has 0 aliphatic rings. The molecule has 0 saturated carbocycles. The van der Waals surface area contributed by atoms with Gasteiger partial charge in [-0.25, -0.2) is 17.9 Å². The molecule has 0 bridgehead atoms. The van der Waals surface area contributed by atoms with Crippen LogP contribution in [0.5, 0.6) is 0 Å². The Morgan fingerprint density at radius 1 is 1.33 bits per heavy atom. The number of nitrogens with zero attached hydrogens (tertiary/aromatic N) is 1. The van der Waals surface area contributed by atoms with E-state index in [1.54, 1.807) is 4.90 Å². The van der Waals surface area contributed by atoms with E-state index in [-0.39, 0.29) is 28.6 Å². The first kappa shape index (κ1) is 17.6. The lowest BCUT2D eigenvalue weighted by Crippen LogP contribution is -2.34. The standard InChI is InChI=1S/C12H18N2O5S2/c1-3-14(4-2)10(15)5-7-13-21(18,19)9-6-8-20-11(9)12(16)17/h6,8,13H,3-5,7H2,1-2H3,(H,16,17). The summed E-state index contributed by atoms with van der Waals surface area (Å²) < 4.78 is 26.3. The Morgan fingerprint density at radius 3 is 2.48 bits per heavy atom. The molecule has 0 saturated heterocycles. The average Bonchev–Trinajstić information content (AvgIpc) is 2.90. The number of carbonyl (C=O) groups is 2. The molecule has 1 heterocycles. The summed E-state index contributed by atoms with van der Waals surface area (Å²) in [6, 6.07) is 1.24. The molecule has 1 aromatic rings. The van der Waals surface area contributed by atoms with E-state index in [0.29, 0.717) is 13.1 Å². The fourth-order valence-electron chi connectivity index (χ4n) is 1.77. The van der Waals surface area contributed by atoms with Gasteiger partial charge < -0.3 is 10.0 Å². The fraction of sp³-hybridized carbons (Fsp3) is 0.500. The van der Waals surface area contributed by atoms with Gasteiger partial charge in [0.15, 0.2) is 0 Å². The average molecular weight is 334 g/mol. The van der Waals surface area contributed by atoms with E-state index in [9.17, 15) is 18.0 Å². The van der Waals surface area contributed by atoms with E-state index < -0.39 is 16.0 Å². The fourth-order valence-corrected chi connectivity index (χ4v) is 4.06. The Bertz CT molecular complexity index is 605. The summed E-state index contributed by atoms with van der Waals surface area (Å²) in [5.74, 6) is -1.43.